The highest BCUT2D eigenvalue weighted by atomic mass is 32.2. The van der Waals surface area contributed by atoms with Crippen LogP contribution in [0.2, 0.25) is 0 Å². The van der Waals surface area contributed by atoms with Gasteiger partial charge < -0.3 is 14.8 Å². The number of carbonyl (C=O) groups is 2. The summed E-state index contributed by atoms with van der Waals surface area (Å²) in [6, 6.07) is 13.8. The lowest BCUT2D eigenvalue weighted by atomic mass is 10.1. The number of aryl methyl sites for hydroxylation is 2. The predicted molar refractivity (Wildman–Crippen MR) is 122 cm³/mol. The second kappa shape index (κ2) is 8.93. The Hall–Kier alpha value is -3.13. The molecule has 1 aliphatic heterocycles. The molecule has 2 amide bonds. The maximum atomic E-state index is 12.7. The highest BCUT2D eigenvalue weighted by Crippen LogP contribution is 2.28. The monoisotopic (exact) mass is 435 g/mol. The number of hydrogen-bond acceptors (Lipinski definition) is 5. The Morgan fingerprint density at radius 2 is 1.90 bits per heavy atom. The number of carbonyl (C=O) groups excluding carboxylic acids is 2. The molecule has 4 rings (SSSR count). The lowest BCUT2D eigenvalue weighted by Crippen LogP contribution is -2.30. The number of benzene rings is 2. The molecule has 0 unspecified atom stereocenters. The van der Waals surface area contributed by atoms with Crippen LogP contribution in [0.15, 0.2) is 47.6 Å². The van der Waals surface area contributed by atoms with Crippen molar-refractivity contribution in [1.82, 2.24) is 14.8 Å². The lowest BCUT2D eigenvalue weighted by molar-refractivity contribution is -0.116. The largest absolute Gasteiger partial charge is 0.326 e. The maximum Gasteiger partial charge on any atom is 0.237 e. The first-order chi connectivity index (χ1) is 14.9. The highest BCUT2D eigenvalue weighted by Gasteiger charge is 2.24. The molecule has 7 nitrogen and oxygen atoms in total. The highest BCUT2D eigenvalue weighted by molar-refractivity contribution is 7.99. The molecule has 31 heavy (non-hydrogen) atoms. The lowest BCUT2D eigenvalue weighted by Gasteiger charge is -2.16. The molecular formula is C23H25N5O2S. The van der Waals surface area contributed by atoms with Crippen molar-refractivity contribution in [2.24, 2.45) is 7.05 Å². The van der Waals surface area contributed by atoms with E-state index in [0.29, 0.717) is 17.5 Å². The Labute approximate surface area is 185 Å². The van der Waals surface area contributed by atoms with Crippen LogP contribution in [0, 0.1) is 13.8 Å². The smallest absolute Gasteiger partial charge is 0.237 e. The number of rotatable bonds is 6. The first-order valence-electron chi connectivity index (χ1n) is 10.2. The molecule has 2 heterocycles. The first kappa shape index (κ1) is 21.1. The van der Waals surface area contributed by atoms with Crippen molar-refractivity contribution in [3.05, 3.63) is 65.0 Å². The molecular weight excluding hydrogens is 410 g/mol. The molecule has 0 saturated heterocycles. The molecule has 0 saturated carbocycles. The fourth-order valence-corrected chi connectivity index (χ4v) is 4.40. The third kappa shape index (κ3) is 4.64. The van der Waals surface area contributed by atoms with Gasteiger partial charge in [-0.25, -0.2) is 0 Å². The second-order valence-corrected chi connectivity index (χ2v) is 8.64. The van der Waals surface area contributed by atoms with Gasteiger partial charge in [-0.15, -0.1) is 10.2 Å². The van der Waals surface area contributed by atoms with Crippen LogP contribution in [0.25, 0.3) is 0 Å². The van der Waals surface area contributed by atoms with Crippen LogP contribution in [0.1, 0.15) is 22.5 Å². The van der Waals surface area contributed by atoms with Crippen molar-refractivity contribution in [2.75, 3.05) is 22.5 Å². The summed E-state index contributed by atoms with van der Waals surface area (Å²) in [6.07, 6.45) is 1.00. The molecule has 8 heteroatoms. The molecule has 2 aromatic carbocycles. The van der Waals surface area contributed by atoms with E-state index >= 15 is 0 Å². The van der Waals surface area contributed by atoms with Gasteiger partial charge in [0.05, 0.1) is 12.2 Å². The Morgan fingerprint density at radius 1 is 1.10 bits per heavy atom. The summed E-state index contributed by atoms with van der Waals surface area (Å²) in [5, 5.41) is 11.8. The summed E-state index contributed by atoms with van der Waals surface area (Å²) in [5.74, 6) is 0.727. The molecule has 0 spiro atoms. The van der Waals surface area contributed by atoms with Crippen LogP contribution in [0.3, 0.4) is 0 Å². The van der Waals surface area contributed by atoms with Gasteiger partial charge in [0.25, 0.3) is 0 Å². The number of amides is 2. The normalized spacial score (nSPS) is 12.7. The van der Waals surface area contributed by atoms with Gasteiger partial charge in [-0.2, -0.15) is 0 Å². The van der Waals surface area contributed by atoms with Gasteiger partial charge in [-0.05, 0) is 55.2 Å². The zero-order valence-electron chi connectivity index (χ0n) is 17.9. The zero-order chi connectivity index (χ0) is 22.0. The van der Waals surface area contributed by atoms with Gasteiger partial charge in [0.1, 0.15) is 5.82 Å². The van der Waals surface area contributed by atoms with Gasteiger partial charge >= 0.3 is 0 Å². The second-order valence-electron chi connectivity index (χ2n) is 7.69. The van der Waals surface area contributed by atoms with Crippen LogP contribution in [-0.2, 0) is 29.5 Å². The molecule has 1 aliphatic rings. The number of nitrogens with zero attached hydrogens (tertiary/aromatic N) is 4. The SMILES string of the molecule is Cc1ccc(NC(=O)Cc2nnc(SCC(=O)N3CCc4ccccc43)n2C)cc1C. The standard InChI is InChI=1S/C23H25N5O2S/c1-15-8-9-18(12-16(15)2)24-21(29)13-20-25-26-23(27(20)3)31-14-22(30)28-11-10-17-6-4-5-7-19(17)28/h4-9,12H,10-11,13-14H2,1-3H3,(H,24,29). The molecule has 0 atom stereocenters. The number of aromatic nitrogens is 3. The van der Waals surface area contributed by atoms with E-state index in [1.807, 2.05) is 62.2 Å². The van der Waals surface area contributed by atoms with E-state index in [2.05, 4.69) is 21.6 Å². The molecule has 1 N–H and O–H groups in total. The fraction of sp³-hybridized carbons (Fsp3) is 0.304. The molecule has 0 radical (unpaired) electrons. The molecule has 1 aromatic heterocycles. The maximum absolute atomic E-state index is 12.7. The summed E-state index contributed by atoms with van der Waals surface area (Å²) in [6.45, 7) is 4.76. The molecule has 0 bridgehead atoms. The quantitative estimate of drug-likeness (QED) is 0.601. The van der Waals surface area contributed by atoms with Crippen molar-refractivity contribution in [1.29, 1.82) is 0 Å². The van der Waals surface area contributed by atoms with E-state index < -0.39 is 0 Å². The third-order valence-corrected chi connectivity index (χ3v) is 6.55. The minimum atomic E-state index is -0.153. The first-order valence-corrected chi connectivity index (χ1v) is 11.2. The van der Waals surface area contributed by atoms with Crippen LogP contribution in [0.4, 0.5) is 11.4 Å². The molecule has 3 aromatic rings. The summed E-state index contributed by atoms with van der Waals surface area (Å²) >= 11 is 1.34. The van der Waals surface area contributed by atoms with Crippen LogP contribution >= 0.6 is 11.8 Å². The average molecular weight is 436 g/mol. The number of nitrogens with one attached hydrogen (secondary N) is 1. The Bertz CT molecular complexity index is 1140. The van der Waals surface area contributed by atoms with E-state index in [-0.39, 0.29) is 24.0 Å². The molecule has 160 valence electrons. The van der Waals surface area contributed by atoms with Crippen LogP contribution < -0.4 is 10.2 Å². The van der Waals surface area contributed by atoms with E-state index in [0.717, 1.165) is 23.4 Å². The van der Waals surface area contributed by atoms with Crippen molar-refractivity contribution in [2.45, 2.75) is 31.8 Å². The fourth-order valence-electron chi connectivity index (χ4n) is 3.59. The Kier molecular flexibility index (Phi) is 6.08. The molecule has 0 aliphatic carbocycles. The van der Waals surface area contributed by atoms with Gasteiger partial charge in [0.2, 0.25) is 11.8 Å². The Balaban J connectivity index is 1.34. The number of fused-ring (bicyclic) bond motifs is 1. The van der Waals surface area contributed by atoms with Gasteiger partial charge in [0, 0.05) is 25.0 Å². The minimum Gasteiger partial charge on any atom is -0.326 e. The van der Waals surface area contributed by atoms with Gasteiger partial charge in [-0.3, -0.25) is 9.59 Å². The van der Waals surface area contributed by atoms with Crippen LogP contribution in [0.5, 0.6) is 0 Å². The number of hydrogen-bond donors (Lipinski definition) is 1. The van der Waals surface area contributed by atoms with E-state index in [1.165, 1.54) is 22.9 Å². The van der Waals surface area contributed by atoms with Crippen molar-refractivity contribution in [3.8, 4) is 0 Å². The minimum absolute atomic E-state index is 0.0481. The van der Waals surface area contributed by atoms with Crippen molar-refractivity contribution < 1.29 is 9.59 Å². The number of para-hydroxylation sites is 1. The summed E-state index contributed by atoms with van der Waals surface area (Å²) in [5.41, 5.74) is 5.27. The van der Waals surface area contributed by atoms with Gasteiger partial charge in [0.15, 0.2) is 5.16 Å². The third-order valence-electron chi connectivity index (χ3n) is 5.55. The average Bonchev–Trinajstić information content (AvgIpc) is 3.33. The molecule has 0 fully saturated rings. The predicted octanol–water partition coefficient (Wildman–Crippen LogP) is 3.29. The van der Waals surface area contributed by atoms with E-state index in [9.17, 15) is 9.59 Å². The van der Waals surface area contributed by atoms with E-state index in [1.54, 1.807) is 4.57 Å². The zero-order valence-corrected chi connectivity index (χ0v) is 18.7. The summed E-state index contributed by atoms with van der Waals surface area (Å²) in [4.78, 5) is 27.0. The van der Waals surface area contributed by atoms with Crippen molar-refractivity contribution >= 4 is 35.0 Å². The topological polar surface area (TPSA) is 80.1 Å². The number of anilines is 2. The summed E-state index contributed by atoms with van der Waals surface area (Å²) < 4.78 is 1.77. The van der Waals surface area contributed by atoms with Gasteiger partial charge in [-0.1, -0.05) is 36.0 Å². The number of thioether (sulfide) groups is 1. The van der Waals surface area contributed by atoms with Crippen LogP contribution in [-0.4, -0.2) is 38.9 Å². The van der Waals surface area contributed by atoms with Crippen molar-refractivity contribution in [3.63, 3.8) is 0 Å². The Morgan fingerprint density at radius 3 is 2.71 bits per heavy atom. The van der Waals surface area contributed by atoms with E-state index in [4.69, 9.17) is 0 Å². The summed E-state index contributed by atoms with van der Waals surface area (Å²) in [7, 11) is 1.82.